The van der Waals surface area contributed by atoms with E-state index < -0.39 is 0 Å². The van der Waals surface area contributed by atoms with Gasteiger partial charge in [0, 0.05) is 5.02 Å². The SMILES string of the molecule is COc1ccc(CC(=O)NC(C)c2ccc(Cl)cc2)cc1OC. The van der Waals surface area contributed by atoms with Gasteiger partial charge in [0.05, 0.1) is 26.7 Å². The van der Waals surface area contributed by atoms with E-state index in [0.29, 0.717) is 16.5 Å². The smallest absolute Gasteiger partial charge is 0.224 e. The Morgan fingerprint density at radius 3 is 2.35 bits per heavy atom. The summed E-state index contributed by atoms with van der Waals surface area (Å²) in [5, 5.41) is 3.65. The quantitative estimate of drug-likeness (QED) is 0.875. The van der Waals surface area contributed by atoms with Gasteiger partial charge in [-0.1, -0.05) is 29.8 Å². The van der Waals surface area contributed by atoms with Crippen LogP contribution in [0, 0.1) is 0 Å². The molecular formula is C18H20ClNO3. The third kappa shape index (κ3) is 4.63. The lowest BCUT2D eigenvalue weighted by atomic mass is 10.1. The molecule has 0 fully saturated rings. The van der Waals surface area contributed by atoms with Gasteiger partial charge in [0.15, 0.2) is 11.5 Å². The van der Waals surface area contributed by atoms with Gasteiger partial charge in [0.2, 0.25) is 5.91 Å². The van der Waals surface area contributed by atoms with E-state index in [9.17, 15) is 4.79 Å². The Hall–Kier alpha value is -2.20. The summed E-state index contributed by atoms with van der Waals surface area (Å²) in [5.41, 5.74) is 1.87. The number of halogens is 1. The molecule has 0 saturated carbocycles. The van der Waals surface area contributed by atoms with Gasteiger partial charge in [-0.05, 0) is 42.3 Å². The minimum absolute atomic E-state index is 0.0559. The van der Waals surface area contributed by atoms with Gasteiger partial charge in [0.1, 0.15) is 0 Å². The number of carbonyl (C=O) groups is 1. The largest absolute Gasteiger partial charge is 0.493 e. The molecule has 0 aliphatic carbocycles. The number of methoxy groups -OCH3 is 2. The summed E-state index contributed by atoms with van der Waals surface area (Å²) in [4.78, 5) is 12.2. The van der Waals surface area contributed by atoms with Crippen molar-refractivity contribution in [2.75, 3.05) is 14.2 Å². The first-order valence-electron chi connectivity index (χ1n) is 7.29. The Kier molecular flexibility index (Phi) is 5.88. The number of rotatable bonds is 6. The molecule has 0 aliphatic rings. The van der Waals surface area contributed by atoms with Crippen LogP contribution in [0.25, 0.3) is 0 Å². The van der Waals surface area contributed by atoms with E-state index in [2.05, 4.69) is 5.32 Å². The fourth-order valence-corrected chi connectivity index (χ4v) is 2.43. The van der Waals surface area contributed by atoms with Gasteiger partial charge in [0.25, 0.3) is 0 Å². The Morgan fingerprint density at radius 1 is 1.09 bits per heavy atom. The van der Waals surface area contributed by atoms with E-state index >= 15 is 0 Å². The van der Waals surface area contributed by atoms with E-state index in [0.717, 1.165) is 11.1 Å². The summed E-state index contributed by atoms with van der Waals surface area (Å²) in [6.45, 7) is 1.94. The van der Waals surface area contributed by atoms with E-state index in [-0.39, 0.29) is 18.4 Å². The van der Waals surface area contributed by atoms with E-state index in [1.807, 2.05) is 43.3 Å². The molecule has 1 amide bonds. The summed E-state index contributed by atoms with van der Waals surface area (Å²) < 4.78 is 10.4. The van der Waals surface area contributed by atoms with Gasteiger partial charge in [-0.15, -0.1) is 0 Å². The first kappa shape index (κ1) is 17.2. The summed E-state index contributed by atoms with van der Waals surface area (Å²) in [5.74, 6) is 1.20. The van der Waals surface area contributed by atoms with Crippen LogP contribution in [0.3, 0.4) is 0 Å². The van der Waals surface area contributed by atoms with E-state index in [4.69, 9.17) is 21.1 Å². The molecule has 2 aromatic carbocycles. The first-order chi connectivity index (χ1) is 11.0. The molecule has 1 atom stereocenters. The van der Waals surface area contributed by atoms with E-state index in [1.54, 1.807) is 20.3 Å². The van der Waals surface area contributed by atoms with Crippen LogP contribution in [0.2, 0.25) is 5.02 Å². The zero-order valence-corrected chi connectivity index (χ0v) is 14.2. The average molecular weight is 334 g/mol. The van der Waals surface area contributed by atoms with Crippen LogP contribution in [-0.2, 0) is 11.2 Å². The summed E-state index contributed by atoms with van der Waals surface area (Å²) in [6.07, 6.45) is 0.276. The van der Waals surface area contributed by atoms with Crippen molar-refractivity contribution >= 4 is 17.5 Å². The summed E-state index contributed by atoms with van der Waals surface area (Å²) in [7, 11) is 3.16. The number of benzene rings is 2. The number of nitrogens with one attached hydrogen (secondary N) is 1. The maximum atomic E-state index is 12.2. The predicted octanol–water partition coefficient (Wildman–Crippen LogP) is 3.78. The topological polar surface area (TPSA) is 47.6 Å². The van der Waals surface area contributed by atoms with Crippen molar-refractivity contribution in [3.05, 3.63) is 58.6 Å². The highest BCUT2D eigenvalue weighted by Gasteiger charge is 2.12. The molecule has 1 unspecified atom stereocenters. The lowest BCUT2D eigenvalue weighted by molar-refractivity contribution is -0.121. The molecule has 1 N–H and O–H groups in total. The Labute approximate surface area is 141 Å². The second kappa shape index (κ2) is 7.88. The van der Waals surface area contributed by atoms with Crippen LogP contribution in [0.15, 0.2) is 42.5 Å². The minimum Gasteiger partial charge on any atom is -0.493 e. The molecule has 0 radical (unpaired) electrons. The molecule has 0 heterocycles. The average Bonchev–Trinajstić information content (AvgIpc) is 2.55. The lowest BCUT2D eigenvalue weighted by Crippen LogP contribution is -2.28. The number of ether oxygens (including phenoxy) is 2. The van der Waals surface area contributed by atoms with Crippen molar-refractivity contribution in [3.8, 4) is 11.5 Å². The number of carbonyl (C=O) groups excluding carboxylic acids is 1. The highest BCUT2D eigenvalue weighted by atomic mass is 35.5. The van der Waals surface area contributed by atoms with Gasteiger partial charge < -0.3 is 14.8 Å². The summed E-state index contributed by atoms with van der Waals surface area (Å²) in [6, 6.07) is 12.8. The van der Waals surface area contributed by atoms with E-state index in [1.165, 1.54) is 0 Å². The normalized spacial score (nSPS) is 11.7. The van der Waals surface area contributed by atoms with Crippen LogP contribution in [0.1, 0.15) is 24.1 Å². The summed E-state index contributed by atoms with van der Waals surface area (Å²) >= 11 is 5.87. The molecule has 4 nitrogen and oxygen atoms in total. The molecule has 122 valence electrons. The second-order valence-corrected chi connectivity index (χ2v) is 5.64. The van der Waals surface area contributed by atoms with Gasteiger partial charge in [-0.25, -0.2) is 0 Å². The van der Waals surface area contributed by atoms with Crippen molar-refractivity contribution in [3.63, 3.8) is 0 Å². The van der Waals surface area contributed by atoms with Crippen LogP contribution in [0.4, 0.5) is 0 Å². The highest BCUT2D eigenvalue weighted by molar-refractivity contribution is 6.30. The zero-order valence-electron chi connectivity index (χ0n) is 13.4. The molecule has 0 aromatic heterocycles. The Bertz CT molecular complexity index is 670. The molecule has 0 aliphatic heterocycles. The third-order valence-electron chi connectivity index (χ3n) is 3.56. The monoisotopic (exact) mass is 333 g/mol. The highest BCUT2D eigenvalue weighted by Crippen LogP contribution is 2.27. The zero-order chi connectivity index (χ0) is 16.8. The van der Waals surface area contributed by atoms with Crippen LogP contribution >= 0.6 is 11.6 Å². The van der Waals surface area contributed by atoms with Gasteiger partial charge in [-0.2, -0.15) is 0 Å². The first-order valence-corrected chi connectivity index (χ1v) is 7.67. The molecule has 23 heavy (non-hydrogen) atoms. The third-order valence-corrected chi connectivity index (χ3v) is 3.81. The van der Waals surface area contributed by atoms with Crippen molar-refractivity contribution < 1.29 is 14.3 Å². The van der Waals surface area contributed by atoms with Crippen molar-refractivity contribution in [1.82, 2.24) is 5.32 Å². The predicted molar refractivity (Wildman–Crippen MR) is 91.3 cm³/mol. The Balaban J connectivity index is 2.00. The molecule has 2 rings (SSSR count). The Morgan fingerprint density at radius 2 is 1.74 bits per heavy atom. The van der Waals surface area contributed by atoms with Crippen molar-refractivity contribution in [2.45, 2.75) is 19.4 Å². The van der Waals surface area contributed by atoms with Gasteiger partial charge in [-0.3, -0.25) is 4.79 Å². The lowest BCUT2D eigenvalue weighted by Gasteiger charge is -2.15. The maximum absolute atomic E-state index is 12.2. The molecule has 2 aromatic rings. The fourth-order valence-electron chi connectivity index (χ4n) is 2.30. The number of amides is 1. The molecule has 0 saturated heterocycles. The second-order valence-electron chi connectivity index (χ2n) is 5.21. The number of hydrogen-bond acceptors (Lipinski definition) is 3. The van der Waals surface area contributed by atoms with Crippen molar-refractivity contribution in [1.29, 1.82) is 0 Å². The van der Waals surface area contributed by atoms with Crippen LogP contribution in [-0.4, -0.2) is 20.1 Å². The molecular weight excluding hydrogens is 314 g/mol. The van der Waals surface area contributed by atoms with Gasteiger partial charge >= 0.3 is 0 Å². The van der Waals surface area contributed by atoms with Crippen LogP contribution in [0.5, 0.6) is 11.5 Å². The molecule has 0 spiro atoms. The maximum Gasteiger partial charge on any atom is 0.224 e. The molecule has 5 heteroatoms. The van der Waals surface area contributed by atoms with Crippen LogP contribution < -0.4 is 14.8 Å². The molecule has 0 bridgehead atoms. The number of hydrogen-bond donors (Lipinski definition) is 1. The minimum atomic E-state index is -0.0834. The van der Waals surface area contributed by atoms with Crippen molar-refractivity contribution in [2.24, 2.45) is 0 Å². The standard InChI is InChI=1S/C18H20ClNO3/c1-12(14-5-7-15(19)8-6-14)20-18(21)11-13-4-9-16(22-2)17(10-13)23-3/h4-10,12H,11H2,1-3H3,(H,20,21). The fraction of sp³-hybridized carbons (Fsp3) is 0.278.